The summed E-state index contributed by atoms with van der Waals surface area (Å²) in [7, 11) is 0. The van der Waals surface area contributed by atoms with Gasteiger partial charge in [-0.25, -0.2) is 0 Å². The average Bonchev–Trinajstić information content (AvgIpc) is 2.49. The standard InChI is InChI=1S/C10H19NO/c1-8(2)11-6-7-12-10-5-3-4-9(10)11/h8-10H,3-7H2,1-2H3/t9?,10-/m0/s1. The molecule has 1 aliphatic carbocycles. The Morgan fingerprint density at radius 3 is 2.92 bits per heavy atom. The molecule has 2 nitrogen and oxygen atoms in total. The number of morpholine rings is 1. The SMILES string of the molecule is CC(C)N1CCO[C@H]2CCCC21. The highest BCUT2D eigenvalue weighted by molar-refractivity contribution is 4.90. The second kappa shape index (κ2) is 3.35. The lowest BCUT2D eigenvalue weighted by Gasteiger charge is -2.40. The second-order valence-corrected chi connectivity index (χ2v) is 4.24. The molecular formula is C10H19NO. The van der Waals surface area contributed by atoms with Gasteiger partial charge >= 0.3 is 0 Å². The minimum absolute atomic E-state index is 0.557. The number of rotatable bonds is 1. The van der Waals surface area contributed by atoms with Crippen LogP contribution in [0.15, 0.2) is 0 Å². The maximum absolute atomic E-state index is 5.74. The zero-order valence-electron chi connectivity index (χ0n) is 8.12. The minimum atomic E-state index is 0.557. The quantitative estimate of drug-likeness (QED) is 0.592. The molecule has 2 rings (SSSR count). The summed E-state index contributed by atoms with van der Waals surface area (Å²) in [4.78, 5) is 2.61. The molecule has 0 aromatic carbocycles. The lowest BCUT2D eigenvalue weighted by molar-refractivity contribution is -0.0666. The zero-order chi connectivity index (χ0) is 8.55. The highest BCUT2D eigenvalue weighted by atomic mass is 16.5. The summed E-state index contributed by atoms with van der Waals surface area (Å²) >= 11 is 0. The molecule has 1 saturated heterocycles. The van der Waals surface area contributed by atoms with Gasteiger partial charge in [0.1, 0.15) is 0 Å². The van der Waals surface area contributed by atoms with Crippen molar-refractivity contribution >= 4 is 0 Å². The van der Waals surface area contributed by atoms with Crippen molar-refractivity contribution in [3.05, 3.63) is 0 Å². The molecule has 0 aromatic rings. The number of fused-ring (bicyclic) bond motifs is 1. The van der Waals surface area contributed by atoms with Gasteiger partial charge in [0.15, 0.2) is 0 Å². The summed E-state index contributed by atoms with van der Waals surface area (Å²) in [5.41, 5.74) is 0. The van der Waals surface area contributed by atoms with Crippen LogP contribution in [0, 0.1) is 0 Å². The summed E-state index contributed by atoms with van der Waals surface area (Å²) in [5, 5.41) is 0. The third-order valence-electron chi connectivity index (χ3n) is 3.19. The fourth-order valence-corrected chi connectivity index (χ4v) is 2.60. The Hall–Kier alpha value is -0.0800. The van der Waals surface area contributed by atoms with Crippen molar-refractivity contribution in [2.75, 3.05) is 13.2 Å². The lowest BCUT2D eigenvalue weighted by atomic mass is 10.1. The van der Waals surface area contributed by atoms with E-state index in [0.717, 1.165) is 19.2 Å². The van der Waals surface area contributed by atoms with Crippen LogP contribution in [0.4, 0.5) is 0 Å². The van der Waals surface area contributed by atoms with E-state index < -0.39 is 0 Å². The van der Waals surface area contributed by atoms with Gasteiger partial charge in [-0.1, -0.05) is 0 Å². The molecule has 2 aliphatic rings. The van der Waals surface area contributed by atoms with Crippen molar-refractivity contribution in [3.63, 3.8) is 0 Å². The Balaban J connectivity index is 2.03. The zero-order valence-corrected chi connectivity index (χ0v) is 8.12. The largest absolute Gasteiger partial charge is 0.375 e. The topological polar surface area (TPSA) is 12.5 Å². The van der Waals surface area contributed by atoms with Crippen LogP contribution in [-0.4, -0.2) is 36.2 Å². The van der Waals surface area contributed by atoms with Crippen molar-refractivity contribution in [2.24, 2.45) is 0 Å². The number of ether oxygens (including phenoxy) is 1. The molecule has 0 radical (unpaired) electrons. The van der Waals surface area contributed by atoms with E-state index in [0.29, 0.717) is 12.1 Å². The maximum atomic E-state index is 5.74. The van der Waals surface area contributed by atoms with Crippen molar-refractivity contribution < 1.29 is 4.74 Å². The van der Waals surface area contributed by atoms with Crippen molar-refractivity contribution in [2.45, 2.75) is 51.3 Å². The molecule has 1 saturated carbocycles. The van der Waals surface area contributed by atoms with E-state index in [9.17, 15) is 0 Å². The summed E-state index contributed by atoms with van der Waals surface area (Å²) in [5.74, 6) is 0. The summed E-state index contributed by atoms with van der Waals surface area (Å²) in [6, 6.07) is 1.43. The number of hydrogen-bond acceptors (Lipinski definition) is 2. The molecule has 2 heteroatoms. The van der Waals surface area contributed by atoms with Gasteiger partial charge in [0.05, 0.1) is 12.7 Å². The Morgan fingerprint density at radius 1 is 1.33 bits per heavy atom. The molecule has 0 aromatic heterocycles. The molecule has 1 aliphatic heterocycles. The first-order valence-corrected chi connectivity index (χ1v) is 5.16. The molecule has 1 heterocycles. The second-order valence-electron chi connectivity index (χ2n) is 4.24. The van der Waals surface area contributed by atoms with Gasteiger partial charge in [-0.3, -0.25) is 4.90 Å². The molecule has 70 valence electrons. The van der Waals surface area contributed by atoms with Gasteiger partial charge in [0.25, 0.3) is 0 Å². The third-order valence-corrected chi connectivity index (χ3v) is 3.19. The first-order chi connectivity index (χ1) is 5.79. The Labute approximate surface area is 74.9 Å². The fraction of sp³-hybridized carbons (Fsp3) is 1.00. The summed E-state index contributed by atoms with van der Waals surface area (Å²) < 4.78 is 5.74. The van der Waals surface area contributed by atoms with E-state index in [4.69, 9.17) is 4.74 Å². The van der Waals surface area contributed by atoms with Crippen LogP contribution < -0.4 is 0 Å². The van der Waals surface area contributed by atoms with E-state index in [1.807, 2.05) is 0 Å². The fourth-order valence-electron chi connectivity index (χ4n) is 2.60. The third kappa shape index (κ3) is 1.38. The predicted molar refractivity (Wildman–Crippen MR) is 49.2 cm³/mol. The Kier molecular flexibility index (Phi) is 2.37. The maximum Gasteiger partial charge on any atom is 0.0731 e. The number of nitrogens with zero attached hydrogens (tertiary/aromatic N) is 1. The monoisotopic (exact) mass is 169 g/mol. The van der Waals surface area contributed by atoms with E-state index in [1.54, 1.807) is 0 Å². The molecular weight excluding hydrogens is 150 g/mol. The molecule has 0 spiro atoms. The van der Waals surface area contributed by atoms with E-state index in [2.05, 4.69) is 18.7 Å². The molecule has 2 fully saturated rings. The van der Waals surface area contributed by atoms with Gasteiger partial charge in [-0.2, -0.15) is 0 Å². The van der Waals surface area contributed by atoms with Crippen LogP contribution >= 0.6 is 0 Å². The highest BCUT2D eigenvalue weighted by Crippen LogP contribution is 2.30. The van der Waals surface area contributed by atoms with E-state index >= 15 is 0 Å². The van der Waals surface area contributed by atoms with Crippen LogP contribution in [0.5, 0.6) is 0 Å². The van der Waals surface area contributed by atoms with Crippen LogP contribution in [0.2, 0.25) is 0 Å². The molecule has 0 N–H and O–H groups in total. The molecule has 12 heavy (non-hydrogen) atoms. The molecule has 0 amide bonds. The average molecular weight is 169 g/mol. The van der Waals surface area contributed by atoms with Gasteiger partial charge < -0.3 is 4.74 Å². The van der Waals surface area contributed by atoms with Crippen LogP contribution in [0.25, 0.3) is 0 Å². The predicted octanol–water partition coefficient (Wildman–Crippen LogP) is 1.65. The van der Waals surface area contributed by atoms with Crippen molar-refractivity contribution in [1.29, 1.82) is 0 Å². The molecule has 1 unspecified atom stereocenters. The van der Waals surface area contributed by atoms with Gasteiger partial charge in [0, 0.05) is 18.6 Å². The van der Waals surface area contributed by atoms with Crippen LogP contribution in [-0.2, 0) is 4.74 Å². The minimum Gasteiger partial charge on any atom is -0.375 e. The van der Waals surface area contributed by atoms with Crippen LogP contribution in [0.3, 0.4) is 0 Å². The first kappa shape index (κ1) is 8.52. The normalized spacial score (nSPS) is 37.2. The van der Waals surface area contributed by atoms with E-state index in [1.165, 1.54) is 19.3 Å². The Bertz CT molecular complexity index is 158. The van der Waals surface area contributed by atoms with Gasteiger partial charge in [0.2, 0.25) is 0 Å². The number of hydrogen-bond donors (Lipinski definition) is 0. The van der Waals surface area contributed by atoms with Gasteiger partial charge in [-0.15, -0.1) is 0 Å². The van der Waals surface area contributed by atoms with E-state index in [-0.39, 0.29) is 0 Å². The molecule has 2 atom stereocenters. The molecule has 0 bridgehead atoms. The van der Waals surface area contributed by atoms with Gasteiger partial charge in [-0.05, 0) is 33.1 Å². The highest BCUT2D eigenvalue weighted by Gasteiger charge is 2.36. The first-order valence-electron chi connectivity index (χ1n) is 5.16. The summed E-state index contributed by atoms with van der Waals surface area (Å²) in [6.45, 7) is 6.67. The van der Waals surface area contributed by atoms with Crippen molar-refractivity contribution in [3.8, 4) is 0 Å². The smallest absolute Gasteiger partial charge is 0.0731 e. The summed E-state index contributed by atoms with van der Waals surface area (Å²) in [6.07, 6.45) is 4.55. The van der Waals surface area contributed by atoms with Crippen LogP contribution in [0.1, 0.15) is 33.1 Å². The van der Waals surface area contributed by atoms with Crippen molar-refractivity contribution in [1.82, 2.24) is 4.90 Å². The lowest BCUT2D eigenvalue weighted by Crippen LogP contribution is -2.51. The Morgan fingerprint density at radius 2 is 2.17 bits per heavy atom.